The number of rotatable bonds is 8. The van der Waals surface area contributed by atoms with E-state index in [-0.39, 0.29) is 19.1 Å². The number of carbonyl (C=O) groups excluding carboxylic acids is 2. The molecule has 2 aromatic heterocycles. The largest absolute Gasteiger partial charge is 0.449 e. The van der Waals surface area contributed by atoms with Gasteiger partial charge >= 0.3 is 6.09 Å². The minimum Gasteiger partial charge on any atom is -0.449 e. The molecule has 5 aromatic rings. The zero-order valence-electron chi connectivity index (χ0n) is 22.1. The number of alkyl carbamates (subject to hydrolysis) is 1. The molecule has 0 saturated heterocycles. The van der Waals surface area contributed by atoms with Crippen molar-refractivity contribution in [3.05, 3.63) is 131 Å². The molecule has 1 amide bonds. The molecular weight excluding hydrogens is 573 g/mol. The van der Waals surface area contributed by atoms with Gasteiger partial charge in [0, 0.05) is 41.4 Å². The summed E-state index contributed by atoms with van der Waals surface area (Å²) in [7, 11) is 0. The SMILES string of the molecule is O=Cc1cccnc1Sc1c(Cl)ccc(-c2ccnc(F)c2)c1CNC(=O)OCC1c2ccccc2-c2ccccc21. The average molecular weight is 596 g/mol. The lowest BCUT2D eigenvalue weighted by Gasteiger charge is -2.18. The van der Waals surface area contributed by atoms with Gasteiger partial charge in [-0.25, -0.2) is 14.8 Å². The molecule has 0 spiro atoms. The minimum atomic E-state index is -0.639. The second-order valence-electron chi connectivity index (χ2n) is 9.57. The highest BCUT2D eigenvalue weighted by atomic mass is 35.5. The maximum absolute atomic E-state index is 14.1. The predicted molar refractivity (Wildman–Crippen MR) is 160 cm³/mol. The molecule has 208 valence electrons. The van der Waals surface area contributed by atoms with E-state index in [2.05, 4.69) is 39.6 Å². The van der Waals surface area contributed by atoms with Gasteiger partial charge in [0.15, 0.2) is 6.29 Å². The number of hydrogen-bond donors (Lipinski definition) is 1. The fourth-order valence-electron chi connectivity index (χ4n) is 5.21. The van der Waals surface area contributed by atoms with Crippen LogP contribution in [0.5, 0.6) is 0 Å². The Balaban J connectivity index is 1.27. The second-order valence-corrected chi connectivity index (χ2v) is 11.0. The quantitative estimate of drug-likeness (QED) is 0.145. The summed E-state index contributed by atoms with van der Waals surface area (Å²) in [6.07, 6.45) is 3.07. The number of hydrogen-bond acceptors (Lipinski definition) is 6. The van der Waals surface area contributed by atoms with Gasteiger partial charge in [-0.15, -0.1) is 0 Å². The van der Waals surface area contributed by atoms with E-state index in [1.807, 2.05) is 24.3 Å². The lowest BCUT2D eigenvalue weighted by Crippen LogP contribution is -2.26. The molecule has 0 bridgehead atoms. The zero-order valence-corrected chi connectivity index (χ0v) is 23.7. The highest BCUT2D eigenvalue weighted by Crippen LogP contribution is 2.45. The van der Waals surface area contributed by atoms with Crippen LogP contribution in [-0.2, 0) is 11.3 Å². The standard InChI is InChI=1S/C33H23ClFN3O3S/c34-29-12-11-22(20-13-15-36-30(35)16-20)27(31(29)42-32-21(18-39)6-5-14-37-32)17-38-33(40)41-19-28-25-9-3-1-7-23(25)24-8-2-4-10-26(24)28/h1-16,18,28H,17,19H2,(H,38,40). The van der Waals surface area contributed by atoms with E-state index >= 15 is 0 Å². The first-order valence-corrected chi connectivity index (χ1v) is 14.3. The Kier molecular flexibility index (Phi) is 7.99. The molecule has 6 rings (SSSR count). The molecule has 2 heterocycles. The number of carbonyl (C=O) groups is 2. The minimum absolute atomic E-state index is 0.0299. The van der Waals surface area contributed by atoms with Crippen LogP contribution in [-0.4, -0.2) is 29.0 Å². The molecule has 6 nitrogen and oxygen atoms in total. The summed E-state index contributed by atoms with van der Waals surface area (Å²) in [4.78, 5) is 33.3. The van der Waals surface area contributed by atoms with Crippen LogP contribution < -0.4 is 5.32 Å². The summed E-state index contributed by atoms with van der Waals surface area (Å²) in [5, 5.41) is 3.69. The number of aldehydes is 1. The summed E-state index contributed by atoms with van der Waals surface area (Å²) >= 11 is 7.86. The summed E-state index contributed by atoms with van der Waals surface area (Å²) in [6.45, 7) is 0.193. The second kappa shape index (κ2) is 12.1. The van der Waals surface area contributed by atoms with E-state index in [0.717, 1.165) is 28.5 Å². The van der Waals surface area contributed by atoms with Crippen molar-refractivity contribution in [1.29, 1.82) is 0 Å². The van der Waals surface area contributed by atoms with Gasteiger partial charge < -0.3 is 10.1 Å². The van der Waals surface area contributed by atoms with Crippen LogP contribution in [0.25, 0.3) is 22.3 Å². The van der Waals surface area contributed by atoms with Gasteiger partial charge in [0.05, 0.1) is 5.02 Å². The molecule has 3 aromatic carbocycles. The zero-order chi connectivity index (χ0) is 29.1. The third kappa shape index (κ3) is 5.51. The lowest BCUT2D eigenvalue weighted by atomic mass is 9.98. The van der Waals surface area contributed by atoms with Crippen molar-refractivity contribution in [2.45, 2.75) is 22.4 Å². The Bertz CT molecular complexity index is 1770. The topological polar surface area (TPSA) is 81.2 Å². The molecule has 1 aliphatic rings. The monoisotopic (exact) mass is 595 g/mol. The molecule has 0 radical (unpaired) electrons. The van der Waals surface area contributed by atoms with Crippen molar-refractivity contribution < 1.29 is 18.7 Å². The van der Waals surface area contributed by atoms with Crippen molar-refractivity contribution in [1.82, 2.24) is 15.3 Å². The van der Waals surface area contributed by atoms with Crippen LogP contribution in [0, 0.1) is 5.95 Å². The van der Waals surface area contributed by atoms with E-state index in [1.54, 1.807) is 36.5 Å². The molecule has 0 aliphatic heterocycles. The Morgan fingerprint density at radius 3 is 2.38 bits per heavy atom. The first-order valence-electron chi connectivity index (χ1n) is 13.1. The predicted octanol–water partition coefficient (Wildman–Crippen LogP) is 7.94. The molecule has 9 heteroatoms. The van der Waals surface area contributed by atoms with Gasteiger partial charge in [0.25, 0.3) is 0 Å². The molecular formula is C33H23ClFN3O3S. The smallest absolute Gasteiger partial charge is 0.407 e. The Morgan fingerprint density at radius 1 is 0.929 bits per heavy atom. The number of ether oxygens (including phenoxy) is 1. The van der Waals surface area contributed by atoms with Crippen LogP contribution in [0.1, 0.15) is 33.0 Å². The first kappa shape index (κ1) is 27.6. The normalized spacial score (nSPS) is 12.0. The lowest BCUT2D eigenvalue weighted by molar-refractivity contribution is 0.112. The summed E-state index contributed by atoms with van der Waals surface area (Å²) in [5.74, 6) is -0.721. The fourth-order valence-corrected chi connectivity index (χ4v) is 6.52. The van der Waals surface area contributed by atoms with Crippen molar-refractivity contribution in [3.8, 4) is 22.3 Å². The number of halogens is 2. The summed E-state index contributed by atoms with van der Waals surface area (Å²) in [6, 6.07) is 26.0. The van der Waals surface area contributed by atoms with E-state index in [9.17, 15) is 14.0 Å². The maximum atomic E-state index is 14.1. The number of aromatic nitrogens is 2. The van der Waals surface area contributed by atoms with E-state index in [0.29, 0.717) is 37.2 Å². The van der Waals surface area contributed by atoms with Crippen LogP contribution >= 0.6 is 23.4 Å². The van der Waals surface area contributed by atoms with Crippen molar-refractivity contribution in [3.63, 3.8) is 0 Å². The third-order valence-corrected chi connectivity index (χ3v) is 8.76. The molecule has 0 atom stereocenters. The molecule has 1 N–H and O–H groups in total. The van der Waals surface area contributed by atoms with Gasteiger partial charge in [0.1, 0.15) is 11.6 Å². The number of amides is 1. The van der Waals surface area contributed by atoms with Gasteiger partial charge in [-0.3, -0.25) is 4.79 Å². The van der Waals surface area contributed by atoms with E-state index < -0.39 is 12.0 Å². The van der Waals surface area contributed by atoms with Crippen LogP contribution in [0.15, 0.2) is 107 Å². The maximum Gasteiger partial charge on any atom is 0.407 e. The number of fused-ring (bicyclic) bond motifs is 3. The molecule has 0 saturated carbocycles. The van der Waals surface area contributed by atoms with E-state index in [1.165, 1.54) is 24.0 Å². The Labute approximate surface area is 250 Å². The number of benzene rings is 3. The van der Waals surface area contributed by atoms with Gasteiger partial charge in [-0.05, 0) is 63.2 Å². The molecule has 1 aliphatic carbocycles. The molecule has 0 unspecified atom stereocenters. The van der Waals surface area contributed by atoms with Gasteiger partial charge in [-0.1, -0.05) is 78.0 Å². The first-order chi connectivity index (χ1) is 20.5. The van der Waals surface area contributed by atoms with Crippen LogP contribution in [0.3, 0.4) is 0 Å². The van der Waals surface area contributed by atoms with Crippen LogP contribution in [0.4, 0.5) is 9.18 Å². The summed E-state index contributed by atoms with van der Waals surface area (Å²) < 4.78 is 19.8. The highest BCUT2D eigenvalue weighted by molar-refractivity contribution is 7.99. The van der Waals surface area contributed by atoms with Crippen molar-refractivity contribution in [2.24, 2.45) is 0 Å². The number of pyridine rings is 2. The third-order valence-electron chi connectivity index (χ3n) is 7.13. The fraction of sp³-hybridized carbons (Fsp3) is 0.0909. The van der Waals surface area contributed by atoms with Crippen LogP contribution in [0.2, 0.25) is 5.02 Å². The van der Waals surface area contributed by atoms with E-state index in [4.69, 9.17) is 16.3 Å². The Morgan fingerprint density at radius 2 is 1.67 bits per heavy atom. The van der Waals surface area contributed by atoms with Crippen molar-refractivity contribution >= 4 is 35.7 Å². The Hall–Kier alpha value is -4.53. The number of nitrogens with zero attached hydrogens (tertiary/aromatic N) is 2. The highest BCUT2D eigenvalue weighted by Gasteiger charge is 2.29. The molecule has 42 heavy (non-hydrogen) atoms. The van der Waals surface area contributed by atoms with Gasteiger partial charge in [-0.2, -0.15) is 4.39 Å². The average Bonchev–Trinajstić information content (AvgIpc) is 3.34. The van der Waals surface area contributed by atoms with Crippen molar-refractivity contribution in [2.75, 3.05) is 6.61 Å². The molecule has 0 fully saturated rings. The summed E-state index contributed by atoms with van der Waals surface area (Å²) in [5.41, 5.74) is 6.73. The van der Waals surface area contributed by atoms with Gasteiger partial charge in [0.2, 0.25) is 5.95 Å². The number of nitrogens with one attached hydrogen (secondary N) is 1.